The Labute approximate surface area is 117 Å². The normalized spacial score (nSPS) is 10.8. The Morgan fingerprint density at radius 2 is 2.11 bits per heavy atom. The maximum absolute atomic E-state index is 6.16. The zero-order valence-corrected chi connectivity index (χ0v) is 11.2. The Kier molecular flexibility index (Phi) is 3.03. The molecule has 0 atom stereocenters. The van der Waals surface area contributed by atoms with Gasteiger partial charge in [-0.05, 0) is 6.07 Å². The van der Waals surface area contributed by atoms with Gasteiger partial charge in [0.25, 0.3) is 0 Å². The van der Waals surface area contributed by atoms with Crippen LogP contribution in [-0.4, -0.2) is 20.2 Å². The predicted molar refractivity (Wildman–Crippen MR) is 72.9 cm³/mol. The maximum Gasteiger partial charge on any atom is 0.184 e. The minimum Gasteiger partial charge on any atom is -0.257 e. The Hall–Kier alpha value is -1.43. The highest BCUT2D eigenvalue weighted by Crippen LogP contribution is 2.35. The second-order valence-electron chi connectivity index (χ2n) is 3.47. The van der Waals surface area contributed by atoms with Gasteiger partial charge in [0.2, 0.25) is 0 Å². The molecule has 0 aliphatic carbocycles. The minimum atomic E-state index is 0.508. The summed E-state index contributed by atoms with van der Waals surface area (Å²) in [6.07, 6.45) is 1.45. The summed E-state index contributed by atoms with van der Waals surface area (Å²) in [6.45, 7) is 0. The lowest BCUT2D eigenvalue weighted by atomic mass is 10.2. The zero-order valence-electron chi connectivity index (χ0n) is 8.89. The van der Waals surface area contributed by atoms with Gasteiger partial charge in [-0.2, -0.15) is 5.10 Å². The van der Waals surface area contributed by atoms with Crippen LogP contribution in [0.2, 0.25) is 10.0 Å². The van der Waals surface area contributed by atoms with Crippen molar-refractivity contribution in [2.24, 2.45) is 0 Å². The van der Waals surface area contributed by atoms with Gasteiger partial charge in [-0.3, -0.25) is 5.10 Å². The molecule has 3 rings (SSSR count). The molecule has 1 aromatic carbocycles. The highest BCUT2D eigenvalue weighted by Gasteiger charge is 2.12. The highest BCUT2D eigenvalue weighted by atomic mass is 35.5. The van der Waals surface area contributed by atoms with Gasteiger partial charge in [0.15, 0.2) is 10.8 Å². The average Bonchev–Trinajstić information content (AvgIpc) is 3.01. The fraction of sp³-hybridized carbons (Fsp3) is 0. The molecule has 3 aromatic rings. The van der Waals surface area contributed by atoms with Crippen LogP contribution in [0.3, 0.4) is 0 Å². The quantitative estimate of drug-likeness (QED) is 0.780. The van der Waals surface area contributed by atoms with Crippen molar-refractivity contribution in [2.45, 2.75) is 0 Å². The van der Waals surface area contributed by atoms with Gasteiger partial charge in [0, 0.05) is 10.9 Å². The summed E-state index contributed by atoms with van der Waals surface area (Å²) in [5.41, 5.74) is 1.59. The van der Waals surface area contributed by atoms with E-state index in [1.165, 1.54) is 17.7 Å². The molecular formula is C11H6Cl2N4S. The fourth-order valence-corrected chi connectivity index (χ4v) is 2.68. The molecular weight excluding hydrogens is 291 g/mol. The number of rotatable bonds is 2. The first-order valence-corrected chi connectivity index (χ1v) is 6.65. The van der Waals surface area contributed by atoms with Crippen LogP contribution in [0.15, 0.2) is 29.9 Å². The summed E-state index contributed by atoms with van der Waals surface area (Å²) < 4.78 is 0. The highest BCUT2D eigenvalue weighted by molar-refractivity contribution is 7.13. The number of H-pyrrole nitrogens is 1. The van der Waals surface area contributed by atoms with Crippen molar-refractivity contribution in [2.75, 3.05) is 0 Å². The van der Waals surface area contributed by atoms with Crippen molar-refractivity contribution >= 4 is 34.5 Å². The van der Waals surface area contributed by atoms with Crippen molar-refractivity contribution in [3.63, 3.8) is 0 Å². The zero-order chi connectivity index (χ0) is 12.5. The van der Waals surface area contributed by atoms with Crippen LogP contribution >= 0.6 is 34.5 Å². The Balaban J connectivity index is 2.06. The number of halogens is 2. The number of hydrogen-bond donors (Lipinski definition) is 1. The molecule has 0 saturated carbocycles. The molecule has 4 nitrogen and oxygen atoms in total. The summed E-state index contributed by atoms with van der Waals surface area (Å²) in [6, 6.07) is 5.47. The van der Waals surface area contributed by atoms with Crippen LogP contribution in [0, 0.1) is 0 Å². The summed E-state index contributed by atoms with van der Waals surface area (Å²) in [5.74, 6) is 0.643. The van der Waals surface area contributed by atoms with Gasteiger partial charge < -0.3 is 0 Å². The van der Waals surface area contributed by atoms with Crippen LogP contribution in [0.4, 0.5) is 0 Å². The Bertz CT molecular complexity index is 678. The first kappa shape index (κ1) is 11.6. The smallest absolute Gasteiger partial charge is 0.184 e. The Morgan fingerprint density at radius 3 is 2.89 bits per heavy atom. The monoisotopic (exact) mass is 296 g/mol. The number of aromatic nitrogens is 4. The third-order valence-corrected chi connectivity index (χ3v) is 4.02. The molecule has 0 bridgehead atoms. The van der Waals surface area contributed by atoms with Crippen molar-refractivity contribution in [3.8, 4) is 22.1 Å². The second-order valence-corrected chi connectivity index (χ2v) is 5.12. The van der Waals surface area contributed by atoms with E-state index in [2.05, 4.69) is 20.2 Å². The lowest BCUT2D eigenvalue weighted by Crippen LogP contribution is -1.83. The maximum atomic E-state index is 6.16. The number of benzene rings is 1. The number of thiazole rings is 1. The molecule has 0 unspecified atom stereocenters. The van der Waals surface area contributed by atoms with Gasteiger partial charge in [0.1, 0.15) is 6.33 Å². The molecule has 0 aliphatic heterocycles. The van der Waals surface area contributed by atoms with Gasteiger partial charge >= 0.3 is 0 Å². The lowest BCUT2D eigenvalue weighted by molar-refractivity contribution is 1.09. The topological polar surface area (TPSA) is 54.5 Å². The van der Waals surface area contributed by atoms with E-state index < -0.39 is 0 Å². The van der Waals surface area contributed by atoms with E-state index in [0.29, 0.717) is 15.9 Å². The largest absolute Gasteiger partial charge is 0.257 e. The molecule has 1 N–H and O–H groups in total. The van der Waals surface area contributed by atoms with Crippen molar-refractivity contribution in [1.82, 2.24) is 20.2 Å². The molecule has 7 heteroatoms. The molecule has 0 amide bonds. The number of nitrogens with one attached hydrogen (secondary N) is 1. The molecule has 0 radical (unpaired) electrons. The molecule has 0 fully saturated rings. The van der Waals surface area contributed by atoms with Crippen molar-refractivity contribution in [1.29, 1.82) is 0 Å². The molecule has 2 aromatic heterocycles. The van der Waals surface area contributed by atoms with E-state index in [-0.39, 0.29) is 0 Å². The number of aromatic amines is 1. The number of nitrogens with zero attached hydrogens (tertiary/aromatic N) is 3. The van der Waals surface area contributed by atoms with Gasteiger partial charge in [-0.15, -0.1) is 11.3 Å². The summed E-state index contributed by atoms with van der Waals surface area (Å²) in [5, 5.41) is 10.3. The van der Waals surface area contributed by atoms with Crippen molar-refractivity contribution < 1.29 is 0 Å². The van der Waals surface area contributed by atoms with Gasteiger partial charge in [-0.25, -0.2) is 9.97 Å². The summed E-state index contributed by atoms with van der Waals surface area (Å²) in [7, 11) is 0. The van der Waals surface area contributed by atoms with Crippen LogP contribution in [-0.2, 0) is 0 Å². The third kappa shape index (κ3) is 2.01. The molecule has 90 valence electrons. The lowest BCUT2D eigenvalue weighted by Gasteiger charge is -2.01. The standard InChI is InChI=1S/C11H6Cl2N4S/c12-7-3-1-2-6(9(7)13)8-4-18-11(16-8)10-14-5-15-17-10/h1-5H,(H,14,15,17). The fourth-order valence-electron chi connectivity index (χ4n) is 1.52. The first-order valence-electron chi connectivity index (χ1n) is 5.01. The van der Waals surface area contributed by atoms with E-state index in [0.717, 1.165) is 16.3 Å². The molecule has 0 aliphatic rings. The van der Waals surface area contributed by atoms with Crippen molar-refractivity contribution in [3.05, 3.63) is 40.0 Å². The van der Waals surface area contributed by atoms with E-state index in [9.17, 15) is 0 Å². The third-order valence-electron chi connectivity index (χ3n) is 2.35. The summed E-state index contributed by atoms with van der Waals surface area (Å²) in [4.78, 5) is 8.52. The molecule has 0 saturated heterocycles. The van der Waals surface area contributed by atoms with E-state index in [1.54, 1.807) is 6.07 Å². The van der Waals surface area contributed by atoms with Crippen LogP contribution < -0.4 is 0 Å². The molecule has 18 heavy (non-hydrogen) atoms. The number of hydrogen-bond acceptors (Lipinski definition) is 4. The van der Waals surface area contributed by atoms with Crippen LogP contribution in [0.5, 0.6) is 0 Å². The van der Waals surface area contributed by atoms with Crippen LogP contribution in [0.1, 0.15) is 0 Å². The van der Waals surface area contributed by atoms with Gasteiger partial charge in [0.05, 0.1) is 15.7 Å². The van der Waals surface area contributed by atoms with E-state index in [4.69, 9.17) is 23.2 Å². The van der Waals surface area contributed by atoms with E-state index >= 15 is 0 Å². The predicted octanol–water partition coefficient (Wildman–Crippen LogP) is 3.90. The molecule has 0 spiro atoms. The minimum absolute atomic E-state index is 0.508. The average molecular weight is 297 g/mol. The summed E-state index contributed by atoms with van der Waals surface area (Å²) >= 11 is 13.6. The van der Waals surface area contributed by atoms with E-state index in [1.807, 2.05) is 17.5 Å². The first-order chi connectivity index (χ1) is 8.75. The SMILES string of the molecule is Clc1cccc(-c2csc(-c3ncn[nH]3)n2)c1Cl. The van der Waals surface area contributed by atoms with Gasteiger partial charge in [-0.1, -0.05) is 35.3 Å². The second kappa shape index (κ2) is 4.68. The van der Waals surface area contributed by atoms with Crippen LogP contribution in [0.25, 0.3) is 22.1 Å². The molecule has 2 heterocycles. The Morgan fingerprint density at radius 1 is 1.22 bits per heavy atom.